The summed E-state index contributed by atoms with van der Waals surface area (Å²) >= 11 is 0. The molecule has 0 spiro atoms. The number of carbonyl (C=O) groups is 2. The van der Waals surface area contributed by atoms with Crippen molar-refractivity contribution in [1.29, 1.82) is 0 Å². The van der Waals surface area contributed by atoms with E-state index in [1.165, 1.54) is 4.90 Å². The monoisotopic (exact) mass is 229 g/mol. The summed E-state index contributed by atoms with van der Waals surface area (Å²) in [5, 5.41) is 0. The lowest BCUT2D eigenvalue weighted by Crippen LogP contribution is -2.42. The summed E-state index contributed by atoms with van der Waals surface area (Å²) in [4.78, 5) is 24.7. The van der Waals surface area contributed by atoms with Gasteiger partial charge >= 0.3 is 5.97 Å². The molecule has 1 atom stereocenters. The highest BCUT2D eigenvalue weighted by Gasteiger charge is 2.28. The number of ether oxygens (including phenoxy) is 2. The predicted molar refractivity (Wildman–Crippen MR) is 57.9 cm³/mol. The molecule has 1 aliphatic rings. The van der Waals surface area contributed by atoms with Crippen LogP contribution in [0.2, 0.25) is 0 Å². The Balaban J connectivity index is 2.45. The van der Waals surface area contributed by atoms with Gasteiger partial charge in [-0.1, -0.05) is 0 Å². The molecule has 16 heavy (non-hydrogen) atoms. The molecule has 92 valence electrons. The van der Waals surface area contributed by atoms with E-state index in [-0.39, 0.29) is 24.5 Å². The van der Waals surface area contributed by atoms with Crippen LogP contribution in [-0.2, 0) is 19.1 Å². The Kier molecular flexibility index (Phi) is 5.25. The molecule has 5 nitrogen and oxygen atoms in total. The Morgan fingerprint density at radius 3 is 2.69 bits per heavy atom. The first-order valence-corrected chi connectivity index (χ1v) is 5.75. The zero-order chi connectivity index (χ0) is 12.0. The number of rotatable bonds is 5. The smallest absolute Gasteiger partial charge is 0.325 e. The Morgan fingerprint density at radius 1 is 1.44 bits per heavy atom. The number of hydrogen-bond acceptors (Lipinski definition) is 4. The first-order valence-electron chi connectivity index (χ1n) is 5.75. The lowest BCUT2D eigenvalue weighted by molar-refractivity contribution is -0.152. The normalized spacial score (nSPS) is 19.5. The highest BCUT2D eigenvalue weighted by atomic mass is 16.5. The van der Waals surface area contributed by atoms with Crippen LogP contribution in [0.5, 0.6) is 0 Å². The average Bonchev–Trinajstić information content (AvgIpc) is 2.78. The van der Waals surface area contributed by atoms with E-state index in [4.69, 9.17) is 9.47 Å². The second kappa shape index (κ2) is 6.48. The fourth-order valence-corrected chi connectivity index (χ4v) is 1.68. The summed E-state index contributed by atoms with van der Waals surface area (Å²) in [7, 11) is 0. The van der Waals surface area contributed by atoms with E-state index in [1.54, 1.807) is 6.92 Å². The molecule has 1 amide bonds. The molecule has 1 unspecified atom stereocenters. The van der Waals surface area contributed by atoms with Crippen LogP contribution in [0.1, 0.15) is 26.7 Å². The van der Waals surface area contributed by atoms with Gasteiger partial charge in [0.2, 0.25) is 0 Å². The van der Waals surface area contributed by atoms with Gasteiger partial charge in [0.15, 0.2) is 0 Å². The molecule has 1 heterocycles. The number of amides is 1. The molecule has 1 aliphatic heterocycles. The molecule has 0 aliphatic carbocycles. The van der Waals surface area contributed by atoms with Crippen molar-refractivity contribution in [2.45, 2.75) is 32.8 Å². The summed E-state index contributed by atoms with van der Waals surface area (Å²) < 4.78 is 10.1. The molecule has 0 aromatic rings. The van der Waals surface area contributed by atoms with Crippen LogP contribution in [0, 0.1) is 0 Å². The minimum Gasteiger partial charge on any atom is -0.465 e. The highest BCUT2D eigenvalue weighted by molar-refractivity contribution is 5.85. The van der Waals surface area contributed by atoms with Gasteiger partial charge in [-0.3, -0.25) is 9.59 Å². The van der Waals surface area contributed by atoms with Gasteiger partial charge in [-0.05, 0) is 26.7 Å². The third-order valence-electron chi connectivity index (χ3n) is 2.52. The second-order valence-corrected chi connectivity index (χ2v) is 3.66. The van der Waals surface area contributed by atoms with E-state index in [1.807, 2.05) is 6.92 Å². The zero-order valence-electron chi connectivity index (χ0n) is 9.90. The van der Waals surface area contributed by atoms with Gasteiger partial charge in [0, 0.05) is 13.2 Å². The number of nitrogens with zero attached hydrogens (tertiary/aromatic N) is 1. The SMILES string of the molecule is CCOC(=O)CN(CC)C(=O)C1CCCO1. The van der Waals surface area contributed by atoms with Crippen LogP contribution >= 0.6 is 0 Å². The summed E-state index contributed by atoms with van der Waals surface area (Å²) in [5.41, 5.74) is 0. The van der Waals surface area contributed by atoms with Crippen molar-refractivity contribution in [3.05, 3.63) is 0 Å². The molecular formula is C11H19NO4. The molecule has 0 N–H and O–H groups in total. The van der Waals surface area contributed by atoms with Crippen molar-refractivity contribution in [1.82, 2.24) is 4.90 Å². The average molecular weight is 229 g/mol. The van der Waals surface area contributed by atoms with Crippen molar-refractivity contribution in [2.24, 2.45) is 0 Å². The molecule has 0 aromatic carbocycles. The van der Waals surface area contributed by atoms with Crippen molar-refractivity contribution in [2.75, 3.05) is 26.3 Å². The maximum absolute atomic E-state index is 11.9. The second-order valence-electron chi connectivity index (χ2n) is 3.66. The molecule has 0 bridgehead atoms. The predicted octanol–water partition coefficient (Wildman–Crippen LogP) is 0.577. The van der Waals surface area contributed by atoms with Crippen LogP contribution in [0.15, 0.2) is 0 Å². The molecule has 1 fully saturated rings. The fraction of sp³-hybridized carbons (Fsp3) is 0.818. The van der Waals surface area contributed by atoms with Crippen LogP contribution in [0.3, 0.4) is 0 Å². The van der Waals surface area contributed by atoms with Crippen molar-refractivity contribution < 1.29 is 19.1 Å². The van der Waals surface area contributed by atoms with E-state index < -0.39 is 0 Å². The van der Waals surface area contributed by atoms with Crippen molar-refractivity contribution in [3.63, 3.8) is 0 Å². The summed E-state index contributed by atoms with van der Waals surface area (Å²) in [6, 6.07) is 0. The molecule has 1 rings (SSSR count). The summed E-state index contributed by atoms with van der Waals surface area (Å²) in [6.45, 7) is 5.07. The zero-order valence-corrected chi connectivity index (χ0v) is 9.90. The van der Waals surface area contributed by atoms with Gasteiger partial charge in [-0.25, -0.2) is 0 Å². The van der Waals surface area contributed by atoms with Gasteiger partial charge in [-0.2, -0.15) is 0 Å². The number of hydrogen-bond donors (Lipinski definition) is 0. The molecule has 0 aromatic heterocycles. The standard InChI is InChI=1S/C11H19NO4/c1-3-12(8-10(13)15-4-2)11(14)9-6-5-7-16-9/h9H,3-8H2,1-2H3. The lowest BCUT2D eigenvalue weighted by Gasteiger charge is -2.22. The van der Waals surface area contributed by atoms with Crippen LogP contribution in [0.4, 0.5) is 0 Å². The minimum absolute atomic E-state index is 0.0169. The van der Waals surface area contributed by atoms with Gasteiger partial charge < -0.3 is 14.4 Å². The number of likely N-dealkylation sites (N-methyl/N-ethyl adjacent to an activating group) is 1. The fourth-order valence-electron chi connectivity index (χ4n) is 1.68. The topological polar surface area (TPSA) is 55.8 Å². The minimum atomic E-state index is -0.366. The van der Waals surface area contributed by atoms with Gasteiger partial charge in [0.05, 0.1) is 6.61 Å². The Labute approximate surface area is 95.7 Å². The summed E-state index contributed by atoms with van der Waals surface area (Å²) in [6.07, 6.45) is 1.29. The van der Waals surface area contributed by atoms with E-state index in [0.717, 1.165) is 12.8 Å². The van der Waals surface area contributed by atoms with Gasteiger partial charge in [-0.15, -0.1) is 0 Å². The molecule has 5 heteroatoms. The molecule has 0 saturated carbocycles. The van der Waals surface area contributed by atoms with E-state index in [2.05, 4.69) is 0 Å². The van der Waals surface area contributed by atoms with Crippen LogP contribution in [0.25, 0.3) is 0 Å². The maximum Gasteiger partial charge on any atom is 0.325 e. The molecular weight excluding hydrogens is 210 g/mol. The van der Waals surface area contributed by atoms with E-state index in [9.17, 15) is 9.59 Å². The maximum atomic E-state index is 11.9. The van der Waals surface area contributed by atoms with Crippen molar-refractivity contribution >= 4 is 11.9 Å². The molecule has 0 radical (unpaired) electrons. The Hall–Kier alpha value is -1.10. The Bertz CT molecular complexity index is 248. The van der Waals surface area contributed by atoms with Gasteiger partial charge in [0.1, 0.15) is 12.6 Å². The summed E-state index contributed by atoms with van der Waals surface area (Å²) in [5.74, 6) is -0.469. The quantitative estimate of drug-likeness (QED) is 0.647. The number of esters is 1. The lowest BCUT2D eigenvalue weighted by atomic mass is 10.2. The van der Waals surface area contributed by atoms with E-state index in [0.29, 0.717) is 19.8 Å². The van der Waals surface area contributed by atoms with E-state index >= 15 is 0 Å². The molecule has 1 saturated heterocycles. The Morgan fingerprint density at radius 2 is 2.19 bits per heavy atom. The first kappa shape index (κ1) is 13.0. The van der Waals surface area contributed by atoms with Crippen LogP contribution in [-0.4, -0.2) is 49.2 Å². The van der Waals surface area contributed by atoms with Crippen molar-refractivity contribution in [3.8, 4) is 0 Å². The highest BCUT2D eigenvalue weighted by Crippen LogP contribution is 2.14. The van der Waals surface area contributed by atoms with Crippen LogP contribution < -0.4 is 0 Å². The van der Waals surface area contributed by atoms with Gasteiger partial charge in [0.25, 0.3) is 5.91 Å². The first-order chi connectivity index (χ1) is 7.69. The third-order valence-corrected chi connectivity index (χ3v) is 2.52. The number of carbonyl (C=O) groups excluding carboxylic acids is 2. The third kappa shape index (κ3) is 3.48. The largest absolute Gasteiger partial charge is 0.465 e.